The van der Waals surface area contributed by atoms with Crippen molar-refractivity contribution in [3.63, 3.8) is 0 Å². The molecule has 0 unspecified atom stereocenters. The maximum Gasteiger partial charge on any atom is 0.171 e. The van der Waals surface area contributed by atoms with Crippen LogP contribution in [0.25, 0.3) is 0 Å². The minimum Gasteiger partial charge on any atom is -0.358 e. The summed E-state index contributed by atoms with van der Waals surface area (Å²) in [6.45, 7) is 6.25. The van der Waals surface area contributed by atoms with Crippen LogP contribution in [-0.4, -0.2) is 16.9 Å². The molecule has 2 N–H and O–H groups in total. The van der Waals surface area contributed by atoms with Gasteiger partial charge in [0.05, 0.1) is 0 Å². The van der Waals surface area contributed by atoms with E-state index in [-0.39, 0.29) is 5.54 Å². The third-order valence-corrected chi connectivity index (χ3v) is 2.75. The van der Waals surface area contributed by atoms with Gasteiger partial charge in [-0.25, -0.2) is 0 Å². The Kier molecular flexibility index (Phi) is 4.62. The van der Waals surface area contributed by atoms with Crippen molar-refractivity contribution >= 4 is 34.8 Å². The first-order valence-electron chi connectivity index (χ1n) is 5.14. The standard InChI is InChI=1S/C12H18N2S2/c1-12(2,3)14-11(15)13-9-6-5-7-10(8-9)16-4/h5-8H,1-4H3,(H2,13,14,15). The predicted molar refractivity (Wildman–Crippen MR) is 77.3 cm³/mol. The summed E-state index contributed by atoms with van der Waals surface area (Å²) in [5.74, 6) is 0. The topological polar surface area (TPSA) is 24.1 Å². The van der Waals surface area contributed by atoms with Gasteiger partial charge in [-0.15, -0.1) is 11.8 Å². The fraction of sp³-hybridized carbons (Fsp3) is 0.417. The Bertz CT molecular complexity index is 370. The number of nitrogens with one attached hydrogen (secondary N) is 2. The van der Waals surface area contributed by atoms with E-state index in [0.29, 0.717) is 5.11 Å². The lowest BCUT2D eigenvalue weighted by molar-refractivity contribution is 0.515. The average Bonchev–Trinajstić information content (AvgIpc) is 2.15. The Hall–Kier alpha value is -0.740. The fourth-order valence-corrected chi connectivity index (χ4v) is 2.09. The van der Waals surface area contributed by atoms with Gasteiger partial charge < -0.3 is 10.6 Å². The van der Waals surface area contributed by atoms with Crippen LogP contribution in [0.15, 0.2) is 29.2 Å². The van der Waals surface area contributed by atoms with Gasteiger partial charge >= 0.3 is 0 Å². The molecule has 1 aromatic rings. The Balaban J connectivity index is 2.62. The summed E-state index contributed by atoms with van der Waals surface area (Å²) in [7, 11) is 0. The molecule has 1 rings (SSSR count). The summed E-state index contributed by atoms with van der Waals surface area (Å²) in [4.78, 5) is 1.23. The van der Waals surface area contributed by atoms with Gasteiger partial charge in [-0.05, 0) is 57.4 Å². The largest absolute Gasteiger partial charge is 0.358 e. The zero-order valence-corrected chi connectivity index (χ0v) is 11.8. The van der Waals surface area contributed by atoms with Crippen LogP contribution in [0.5, 0.6) is 0 Å². The Morgan fingerprint density at radius 3 is 2.56 bits per heavy atom. The molecular weight excluding hydrogens is 236 g/mol. The summed E-state index contributed by atoms with van der Waals surface area (Å²) in [5, 5.41) is 7.06. The predicted octanol–water partition coefficient (Wildman–Crippen LogP) is 3.49. The maximum absolute atomic E-state index is 5.23. The SMILES string of the molecule is CSc1cccc(NC(=S)NC(C)(C)C)c1. The molecule has 2 nitrogen and oxygen atoms in total. The van der Waals surface area contributed by atoms with E-state index in [1.54, 1.807) is 11.8 Å². The molecule has 0 aromatic heterocycles. The van der Waals surface area contributed by atoms with Crippen molar-refractivity contribution in [2.45, 2.75) is 31.2 Å². The molecule has 0 atom stereocenters. The van der Waals surface area contributed by atoms with Gasteiger partial charge in [0.1, 0.15) is 0 Å². The molecule has 4 heteroatoms. The van der Waals surface area contributed by atoms with Crippen LogP contribution >= 0.6 is 24.0 Å². The highest BCUT2D eigenvalue weighted by molar-refractivity contribution is 7.98. The number of thioether (sulfide) groups is 1. The van der Waals surface area contributed by atoms with E-state index in [4.69, 9.17) is 12.2 Å². The van der Waals surface area contributed by atoms with Crippen LogP contribution in [0, 0.1) is 0 Å². The van der Waals surface area contributed by atoms with E-state index in [0.717, 1.165) is 5.69 Å². The second-order valence-corrected chi connectivity index (χ2v) is 5.85. The van der Waals surface area contributed by atoms with E-state index < -0.39 is 0 Å². The van der Waals surface area contributed by atoms with Crippen molar-refractivity contribution in [1.29, 1.82) is 0 Å². The molecule has 0 heterocycles. The number of benzene rings is 1. The molecule has 0 aliphatic rings. The minimum atomic E-state index is -0.0127. The summed E-state index contributed by atoms with van der Waals surface area (Å²) >= 11 is 6.95. The van der Waals surface area contributed by atoms with Gasteiger partial charge in [0.25, 0.3) is 0 Å². The molecule has 0 fully saturated rings. The van der Waals surface area contributed by atoms with Crippen LogP contribution in [-0.2, 0) is 0 Å². The van der Waals surface area contributed by atoms with Crippen LogP contribution < -0.4 is 10.6 Å². The lowest BCUT2D eigenvalue weighted by atomic mass is 10.1. The third-order valence-electron chi connectivity index (χ3n) is 1.82. The van der Waals surface area contributed by atoms with Gasteiger partial charge in [0.2, 0.25) is 0 Å². The summed E-state index contributed by atoms with van der Waals surface area (Å²) in [6, 6.07) is 8.20. The molecule has 0 amide bonds. The Morgan fingerprint density at radius 2 is 2.00 bits per heavy atom. The van der Waals surface area contributed by atoms with Crippen molar-refractivity contribution in [1.82, 2.24) is 5.32 Å². The number of thiocarbonyl (C=S) groups is 1. The number of rotatable bonds is 2. The highest BCUT2D eigenvalue weighted by Crippen LogP contribution is 2.18. The van der Waals surface area contributed by atoms with Crippen molar-refractivity contribution in [2.24, 2.45) is 0 Å². The molecule has 0 saturated heterocycles. The zero-order chi connectivity index (χ0) is 12.2. The second-order valence-electron chi connectivity index (χ2n) is 4.56. The van der Waals surface area contributed by atoms with Crippen LogP contribution in [0.2, 0.25) is 0 Å². The number of anilines is 1. The van der Waals surface area contributed by atoms with Crippen LogP contribution in [0.1, 0.15) is 20.8 Å². The van der Waals surface area contributed by atoms with E-state index in [1.807, 2.05) is 12.1 Å². The summed E-state index contributed by atoms with van der Waals surface area (Å²) < 4.78 is 0. The van der Waals surface area contributed by atoms with E-state index >= 15 is 0 Å². The van der Waals surface area contributed by atoms with E-state index in [9.17, 15) is 0 Å². The van der Waals surface area contributed by atoms with Gasteiger partial charge in [-0.3, -0.25) is 0 Å². The Morgan fingerprint density at radius 1 is 1.31 bits per heavy atom. The van der Waals surface area contributed by atoms with Crippen molar-refractivity contribution in [3.8, 4) is 0 Å². The van der Waals surface area contributed by atoms with E-state index in [2.05, 4.69) is 49.8 Å². The zero-order valence-electron chi connectivity index (χ0n) is 10.1. The monoisotopic (exact) mass is 254 g/mol. The van der Waals surface area contributed by atoms with Crippen molar-refractivity contribution in [3.05, 3.63) is 24.3 Å². The molecule has 0 radical (unpaired) electrons. The van der Waals surface area contributed by atoms with Crippen molar-refractivity contribution < 1.29 is 0 Å². The lowest BCUT2D eigenvalue weighted by Gasteiger charge is -2.23. The molecule has 0 saturated carbocycles. The van der Waals surface area contributed by atoms with Crippen LogP contribution in [0.4, 0.5) is 5.69 Å². The first-order chi connectivity index (χ1) is 7.40. The van der Waals surface area contributed by atoms with E-state index in [1.165, 1.54) is 4.90 Å². The minimum absolute atomic E-state index is 0.0127. The van der Waals surface area contributed by atoms with Gasteiger partial charge in [0, 0.05) is 16.1 Å². The highest BCUT2D eigenvalue weighted by atomic mass is 32.2. The smallest absolute Gasteiger partial charge is 0.171 e. The van der Waals surface area contributed by atoms with Gasteiger partial charge in [-0.1, -0.05) is 6.07 Å². The average molecular weight is 254 g/mol. The molecule has 1 aromatic carbocycles. The molecule has 0 aliphatic heterocycles. The van der Waals surface area contributed by atoms with Crippen LogP contribution in [0.3, 0.4) is 0 Å². The van der Waals surface area contributed by atoms with Gasteiger partial charge in [0.15, 0.2) is 5.11 Å². The summed E-state index contributed by atoms with van der Waals surface area (Å²) in [6.07, 6.45) is 2.06. The summed E-state index contributed by atoms with van der Waals surface area (Å²) in [5.41, 5.74) is 1.01. The number of hydrogen-bond acceptors (Lipinski definition) is 2. The van der Waals surface area contributed by atoms with Crippen molar-refractivity contribution in [2.75, 3.05) is 11.6 Å². The molecule has 88 valence electrons. The molecule has 0 bridgehead atoms. The molecule has 16 heavy (non-hydrogen) atoms. The first-order valence-corrected chi connectivity index (χ1v) is 6.77. The molecule has 0 aliphatic carbocycles. The fourth-order valence-electron chi connectivity index (χ4n) is 1.20. The van der Waals surface area contributed by atoms with Gasteiger partial charge in [-0.2, -0.15) is 0 Å². The first kappa shape index (κ1) is 13.3. The third kappa shape index (κ3) is 4.86. The highest BCUT2D eigenvalue weighted by Gasteiger charge is 2.10. The molecule has 0 spiro atoms. The second kappa shape index (κ2) is 5.55. The quantitative estimate of drug-likeness (QED) is 0.623. The maximum atomic E-state index is 5.23. The normalized spacial score (nSPS) is 11.0. The lowest BCUT2D eigenvalue weighted by Crippen LogP contribution is -2.42. The molecular formula is C12H18N2S2. The Labute approximate surface area is 107 Å². The number of hydrogen-bond donors (Lipinski definition) is 2.